The van der Waals surface area contributed by atoms with Gasteiger partial charge in [-0.15, -0.1) is 0 Å². The minimum absolute atomic E-state index is 0.0819. The fourth-order valence-corrected chi connectivity index (χ4v) is 3.33. The molecule has 6 nitrogen and oxygen atoms in total. The highest BCUT2D eigenvalue weighted by Gasteiger charge is 2.37. The number of aryl methyl sites for hydroxylation is 2. The summed E-state index contributed by atoms with van der Waals surface area (Å²) in [6, 6.07) is 13.1. The molecule has 0 radical (unpaired) electrons. The highest BCUT2D eigenvalue weighted by molar-refractivity contribution is 6.01. The van der Waals surface area contributed by atoms with Crippen molar-refractivity contribution in [1.29, 1.82) is 0 Å². The van der Waals surface area contributed by atoms with E-state index in [-0.39, 0.29) is 18.9 Å². The lowest BCUT2D eigenvalue weighted by Crippen LogP contribution is -2.33. The Labute approximate surface area is 170 Å². The Kier molecular flexibility index (Phi) is 6.01. The van der Waals surface area contributed by atoms with Gasteiger partial charge in [-0.1, -0.05) is 29.8 Å². The van der Waals surface area contributed by atoms with Crippen LogP contribution in [0, 0.1) is 26.7 Å². The standard InChI is InChI=1S/C23H26N2O4/c1-14-8-10-19(11-9-14)24-22(27)17(4)29-23(28)18-12-21(26)25(13-18)20-7-5-6-15(2)16(20)3/h5-11,17-18H,12-13H2,1-4H3,(H,24,27)/t17-,18-/m1/s1. The third kappa shape index (κ3) is 4.65. The van der Waals surface area contributed by atoms with Crippen molar-refractivity contribution in [1.82, 2.24) is 0 Å². The van der Waals surface area contributed by atoms with Crippen molar-refractivity contribution in [3.8, 4) is 0 Å². The van der Waals surface area contributed by atoms with Crippen molar-refractivity contribution >= 4 is 29.2 Å². The van der Waals surface area contributed by atoms with E-state index in [1.165, 1.54) is 6.92 Å². The molecule has 0 bridgehead atoms. The van der Waals surface area contributed by atoms with Gasteiger partial charge in [-0.2, -0.15) is 0 Å². The Morgan fingerprint density at radius 2 is 1.79 bits per heavy atom. The van der Waals surface area contributed by atoms with Crippen LogP contribution in [0.1, 0.15) is 30.0 Å². The number of amides is 2. The molecule has 3 rings (SSSR count). The summed E-state index contributed by atoms with van der Waals surface area (Å²) in [5, 5.41) is 2.73. The predicted octanol–water partition coefficient (Wildman–Crippen LogP) is 3.54. The summed E-state index contributed by atoms with van der Waals surface area (Å²) < 4.78 is 5.35. The Morgan fingerprint density at radius 1 is 1.10 bits per heavy atom. The number of rotatable bonds is 5. The number of anilines is 2. The third-order valence-electron chi connectivity index (χ3n) is 5.31. The van der Waals surface area contributed by atoms with Crippen LogP contribution in [0.5, 0.6) is 0 Å². The third-order valence-corrected chi connectivity index (χ3v) is 5.31. The van der Waals surface area contributed by atoms with Crippen molar-refractivity contribution < 1.29 is 19.1 Å². The quantitative estimate of drug-likeness (QED) is 0.787. The number of esters is 1. The topological polar surface area (TPSA) is 75.7 Å². The maximum atomic E-state index is 12.6. The summed E-state index contributed by atoms with van der Waals surface area (Å²) in [6.45, 7) is 7.69. The van der Waals surface area contributed by atoms with E-state index in [4.69, 9.17) is 4.74 Å². The van der Waals surface area contributed by atoms with E-state index in [0.29, 0.717) is 5.69 Å². The number of ether oxygens (including phenoxy) is 1. The van der Waals surface area contributed by atoms with E-state index >= 15 is 0 Å². The normalized spacial score (nSPS) is 17.2. The molecule has 6 heteroatoms. The molecule has 2 atom stereocenters. The monoisotopic (exact) mass is 394 g/mol. The Bertz CT molecular complexity index is 936. The molecular weight excluding hydrogens is 368 g/mol. The van der Waals surface area contributed by atoms with Gasteiger partial charge in [0.15, 0.2) is 6.10 Å². The van der Waals surface area contributed by atoms with Crippen molar-refractivity contribution in [2.45, 2.75) is 40.2 Å². The van der Waals surface area contributed by atoms with Crippen LogP contribution in [0.2, 0.25) is 0 Å². The molecule has 1 aliphatic rings. The van der Waals surface area contributed by atoms with Gasteiger partial charge in [0.1, 0.15) is 0 Å². The molecule has 2 aromatic rings. The molecule has 0 saturated carbocycles. The smallest absolute Gasteiger partial charge is 0.312 e. The zero-order chi connectivity index (χ0) is 21.1. The summed E-state index contributed by atoms with van der Waals surface area (Å²) in [6.07, 6.45) is -0.868. The first kappa shape index (κ1) is 20.6. The van der Waals surface area contributed by atoms with Crippen LogP contribution in [0.15, 0.2) is 42.5 Å². The van der Waals surface area contributed by atoms with E-state index in [1.54, 1.807) is 17.0 Å². The molecule has 152 valence electrons. The molecule has 1 fully saturated rings. The first-order valence-corrected chi connectivity index (χ1v) is 9.71. The molecule has 0 aliphatic carbocycles. The first-order valence-electron chi connectivity index (χ1n) is 9.71. The number of carbonyl (C=O) groups excluding carboxylic acids is 3. The van der Waals surface area contributed by atoms with E-state index < -0.39 is 23.9 Å². The molecule has 0 aromatic heterocycles. The van der Waals surface area contributed by atoms with E-state index in [2.05, 4.69) is 5.32 Å². The van der Waals surface area contributed by atoms with Gasteiger partial charge >= 0.3 is 5.97 Å². The van der Waals surface area contributed by atoms with E-state index in [1.807, 2.05) is 51.1 Å². The van der Waals surface area contributed by atoms with Gasteiger partial charge < -0.3 is 15.0 Å². The van der Waals surface area contributed by atoms with E-state index in [9.17, 15) is 14.4 Å². The maximum absolute atomic E-state index is 12.6. The molecule has 29 heavy (non-hydrogen) atoms. The second-order valence-corrected chi connectivity index (χ2v) is 7.56. The van der Waals surface area contributed by atoms with Gasteiger partial charge in [0.2, 0.25) is 5.91 Å². The molecule has 0 unspecified atom stereocenters. The lowest BCUT2D eigenvalue weighted by atomic mass is 10.1. The van der Waals surface area contributed by atoms with Crippen molar-refractivity contribution in [3.05, 3.63) is 59.2 Å². The number of hydrogen-bond acceptors (Lipinski definition) is 4. The lowest BCUT2D eigenvalue weighted by molar-refractivity contribution is -0.157. The average Bonchev–Trinajstić information content (AvgIpc) is 3.07. The van der Waals surface area contributed by atoms with Crippen molar-refractivity contribution in [2.75, 3.05) is 16.8 Å². The van der Waals surface area contributed by atoms with Crippen LogP contribution in [0.25, 0.3) is 0 Å². The lowest BCUT2D eigenvalue weighted by Gasteiger charge is -2.20. The molecule has 2 amide bonds. The predicted molar refractivity (Wildman–Crippen MR) is 112 cm³/mol. The summed E-state index contributed by atoms with van der Waals surface area (Å²) in [5.41, 5.74) is 4.64. The van der Waals surface area contributed by atoms with Crippen LogP contribution in [0.3, 0.4) is 0 Å². The molecule has 1 aliphatic heterocycles. The number of nitrogens with one attached hydrogen (secondary N) is 1. The first-order chi connectivity index (χ1) is 13.8. The number of carbonyl (C=O) groups is 3. The van der Waals surface area contributed by atoms with Gasteiger partial charge in [-0.3, -0.25) is 14.4 Å². The second-order valence-electron chi connectivity index (χ2n) is 7.56. The Morgan fingerprint density at radius 3 is 2.48 bits per heavy atom. The second kappa shape index (κ2) is 8.47. The largest absolute Gasteiger partial charge is 0.452 e. The molecule has 1 saturated heterocycles. The van der Waals surface area contributed by atoms with Crippen molar-refractivity contribution in [3.63, 3.8) is 0 Å². The number of hydrogen-bond donors (Lipinski definition) is 1. The van der Waals surface area contributed by atoms with Gasteiger partial charge in [0, 0.05) is 24.3 Å². The van der Waals surface area contributed by atoms with Gasteiger partial charge in [-0.05, 0) is 57.0 Å². The fraction of sp³-hybridized carbons (Fsp3) is 0.348. The summed E-state index contributed by atoms with van der Waals surface area (Å²) in [7, 11) is 0. The molecular formula is C23H26N2O4. The minimum atomic E-state index is -0.950. The van der Waals surface area contributed by atoms with Crippen LogP contribution in [-0.4, -0.2) is 30.4 Å². The molecule has 2 aromatic carbocycles. The van der Waals surface area contributed by atoms with Crippen molar-refractivity contribution in [2.24, 2.45) is 5.92 Å². The highest BCUT2D eigenvalue weighted by Crippen LogP contribution is 2.30. The average molecular weight is 394 g/mol. The van der Waals surface area contributed by atoms with Gasteiger partial charge in [-0.25, -0.2) is 0 Å². The molecule has 1 heterocycles. The zero-order valence-electron chi connectivity index (χ0n) is 17.2. The highest BCUT2D eigenvalue weighted by atomic mass is 16.5. The van der Waals surface area contributed by atoms with E-state index in [0.717, 1.165) is 22.4 Å². The van der Waals surface area contributed by atoms with Gasteiger partial charge in [0.25, 0.3) is 5.91 Å². The fourth-order valence-electron chi connectivity index (χ4n) is 3.33. The van der Waals surface area contributed by atoms with Crippen LogP contribution >= 0.6 is 0 Å². The number of benzene rings is 2. The van der Waals surface area contributed by atoms with Crippen LogP contribution in [0.4, 0.5) is 11.4 Å². The Hall–Kier alpha value is -3.15. The molecule has 0 spiro atoms. The van der Waals surface area contributed by atoms with Gasteiger partial charge in [0.05, 0.1) is 5.92 Å². The Balaban J connectivity index is 1.60. The summed E-state index contributed by atoms with van der Waals surface area (Å²) >= 11 is 0. The summed E-state index contributed by atoms with van der Waals surface area (Å²) in [5.74, 6) is -1.63. The van der Waals surface area contributed by atoms with Crippen LogP contribution in [-0.2, 0) is 19.1 Å². The minimum Gasteiger partial charge on any atom is -0.452 e. The number of nitrogens with zero attached hydrogens (tertiary/aromatic N) is 1. The SMILES string of the molecule is Cc1ccc(NC(=O)[C@@H](C)OC(=O)[C@@H]2CC(=O)N(c3cccc(C)c3C)C2)cc1. The molecule has 1 N–H and O–H groups in total. The summed E-state index contributed by atoms with van der Waals surface area (Å²) in [4.78, 5) is 39.0. The maximum Gasteiger partial charge on any atom is 0.312 e. The zero-order valence-corrected chi connectivity index (χ0v) is 17.2. The van der Waals surface area contributed by atoms with Crippen LogP contribution < -0.4 is 10.2 Å².